The monoisotopic (exact) mass is 234 g/mol. The first-order chi connectivity index (χ1) is 8.13. The molecule has 0 unspecified atom stereocenters. The van der Waals surface area contributed by atoms with Gasteiger partial charge in [0.1, 0.15) is 0 Å². The molecule has 0 radical (unpaired) electrons. The van der Waals surface area contributed by atoms with Crippen molar-refractivity contribution >= 4 is 11.9 Å². The van der Waals surface area contributed by atoms with Gasteiger partial charge in [-0.1, -0.05) is 0 Å². The van der Waals surface area contributed by atoms with E-state index in [1.54, 1.807) is 18.0 Å². The lowest BCUT2D eigenvalue weighted by Crippen LogP contribution is -2.35. The van der Waals surface area contributed by atoms with E-state index in [2.05, 4.69) is 4.98 Å². The van der Waals surface area contributed by atoms with Crippen molar-refractivity contribution in [3.8, 4) is 0 Å². The topological polar surface area (TPSA) is 59.5 Å². The summed E-state index contributed by atoms with van der Waals surface area (Å²) in [4.78, 5) is 28.6. The highest BCUT2D eigenvalue weighted by Crippen LogP contribution is 2.22. The van der Waals surface area contributed by atoms with E-state index in [0.717, 1.165) is 11.1 Å². The number of carbonyl (C=O) groups excluding carboxylic acids is 2. The molecule has 2 rings (SSSR count). The number of methoxy groups -OCH3 is 1. The molecule has 1 aromatic rings. The summed E-state index contributed by atoms with van der Waals surface area (Å²) in [6.45, 7) is 2.70. The molecular formula is C12H14N2O3. The van der Waals surface area contributed by atoms with Gasteiger partial charge in [0.15, 0.2) is 0 Å². The van der Waals surface area contributed by atoms with E-state index in [4.69, 9.17) is 4.74 Å². The van der Waals surface area contributed by atoms with Crippen LogP contribution < -0.4 is 0 Å². The quantitative estimate of drug-likeness (QED) is 0.673. The number of ether oxygens (including phenoxy) is 1. The van der Waals surface area contributed by atoms with Gasteiger partial charge in [-0.25, -0.2) is 4.79 Å². The Kier molecular flexibility index (Phi) is 3.08. The number of carbonyl (C=O) groups is 2. The molecule has 1 aliphatic rings. The summed E-state index contributed by atoms with van der Waals surface area (Å²) in [6, 6.07) is 0. The molecular weight excluding hydrogens is 220 g/mol. The maximum atomic E-state index is 11.6. The van der Waals surface area contributed by atoms with E-state index in [1.807, 2.05) is 0 Å². The van der Waals surface area contributed by atoms with Gasteiger partial charge in [-0.05, 0) is 17.5 Å². The Balaban J connectivity index is 2.35. The Morgan fingerprint density at radius 3 is 2.82 bits per heavy atom. The molecule has 1 aromatic heterocycles. The summed E-state index contributed by atoms with van der Waals surface area (Å²) in [5.41, 5.74) is 2.38. The van der Waals surface area contributed by atoms with Gasteiger partial charge in [0.25, 0.3) is 0 Å². The van der Waals surface area contributed by atoms with E-state index >= 15 is 0 Å². The molecule has 0 N–H and O–H groups in total. The second-order valence-corrected chi connectivity index (χ2v) is 4.01. The maximum absolute atomic E-state index is 11.6. The largest absolute Gasteiger partial charge is 0.465 e. The fourth-order valence-electron chi connectivity index (χ4n) is 2.05. The summed E-state index contributed by atoms with van der Waals surface area (Å²) >= 11 is 0. The Morgan fingerprint density at radius 2 is 2.18 bits per heavy atom. The summed E-state index contributed by atoms with van der Waals surface area (Å²) in [7, 11) is 1.35. The molecule has 1 amide bonds. The highest BCUT2D eigenvalue weighted by Gasteiger charge is 2.23. The first-order valence-electron chi connectivity index (χ1n) is 5.43. The molecule has 0 saturated heterocycles. The van der Waals surface area contributed by atoms with Crippen molar-refractivity contribution in [3.05, 3.63) is 29.1 Å². The SMILES string of the molecule is COC(=O)c1cncc2c1CCN(C(C)=O)C2. The zero-order valence-corrected chi connectivity index (χ0v) is 9.90. The molecule has 17 heavy (non-hydrogen) atoms. The van der Waals surface area contributed by atoms with E-state index < -0.39 is 0 Å². The van der Waals surface area contributed by atoms with Crippen LogP contribution in [0.4, 0.5) is 0 Å². The Hall–Kier alpha value is -1.91. The highest BCUT2D eigenvalue weighted by atomic mass is 16.5. The zero-order chi connectivity index (χ0) is 12.4. The average molecular weight is 234 g/mol. The third-order valence-electron chi connectivity index (χ3n) is 2.99. The van der Waals surface area contributed by atoms with E-state index in [9.17, 15) is 9.59 Å². The van der Waals surface area contributed by atoms with Crippen LogP contribution >= 0.6 is 0 Å². The van der Waals surface area contributed by atoms with Gasteiger partial charge in [0, 0.05) is 32.4 Å². The standard InChI is InChI=1S/C12H14N2O3/c1-8(15)14-4-3-10-9(7-14)5-13-6-11(10)12(16)17-2/h5-6H,3-4,7H2,1-2H3. The van der Waals surface area contributed by atoms with Crippen molar-refractivity contribution in [2.24, 2.45) is 0 Å². The maximum Gasteiger partial charge on any atom is 0.339 e. The van der Waals surface area contributed by atoms with E-state index in [-0.39, 0.29) is 11.9 Å². The van der Waals surface area contributed by atoms with Crippen LogP contribution in [0.1, 0.15) is 28.4 Å². The van der Waals surface area contributed by atoms with Gasteiger partial charge in [-0.3, -0.25) is 9.78 Å². The third kappa shape index (κ3) is 2.13. The van der Waals surface area contributed by atoms with Crippen LogP contribution in [0, 0.1) is 0 Å². The molecule has 90 valence electrons. The molecule has 5 heteroatoms. The van der Waals surface area contributed by atoms with Crippen LogP contribution in [0.15, 0.2) is 12.4 Å². The van der Waals surface area contributed by atoms with Gasteiger partial charge in [0.2, 0.25) is 5.91 Å². The lowest BCUT2D eigenvalue weighted by atomic mass is 9.97. The lowest BCUT2D eigenvalue weighted by molar-refractivity contribution is -0.129. The molecule has 2 heterocycles. The van der Waals surface area contributed by atoms with Crippen molar-refractivity contribution in [1.29, 1.82) is 0 Å². The molecule has 1 aliphatic heterocycles. The zero-order valence-electron chi connectivity index (χ0n) is 9.90. The first-order valence-corrected chi connectivity index (χ1v) is 5.43. The minimum atomic E-state index is -0.370. The second kappa shape index (κ2) is 4.53. The van der Waals surface area contributed by atoms with Gasteiger partial charge >= 0.3 is 5.97 Å². The summed E-state index contributed by atoms with van der Waals surface area (Å²) in [5, 5.41) is 0. The molecule has 0 aromatic carbocycles. The normalized spacial score (nSPS) is 14.1. The summed E-state index contributed by atoms with van der Waals surface area (Å²) in [5.74, 6) is -0.329. The third-order valence-corrected chi connectivity index (χ3v) is 2.99. The second-order valence-electron chi connectivity index (χ2n) is 4.01. The average Bonchev–Trinajstić information content (AvgIpc) is 2.36. The van der Waals surface area contributed by atoms with Gasteiger partial charge < -0.3 is 9.64 Å². The van der Waals surface area contributed by atoms with Crippen molar-refractivity contribution in [2.75, 3.05) is 13.7 Å². The fraction of sp³-hybridized carbons (Fsp3) is 0.417. The fourth-order valence-corrected chi connectivity index (χ4v) is 2.05. The number of aromatic nitrogens is 1. The number of pyridine rings is 1. The smallest absolute Gasteiger partial charge is 0.339 e. The predicted octanol–water partition coefficient (Wildman–Crippen LogP) is 0.773. The Labute approximate surface area is 99.4 Å². The van der Waals surface area contributed by atoms with Crippen LogP contribution in [-0.4, -0.2) is 35.4 Å². The highest BCUT2D eigenvalue weighted by molar-refractivity contribution is 5.91. The number of hydrogen-bond donors (Lipinski definition) is 0. The van der Waals surface area contributed by atoms with Gasteiger partial charge in [-0.15, -0.1) is 0 Å². The van der Waals surface area contributed by atoms with Crippen molar-refractivity contribution in [2.45, 2.75) is 19.9 Å². The van der Waals surface area contributed by atoms with Crippen LogP contribution in [0.5, 0.6) is 0 Å². The van der Waals surface area contributed by atoms with Crippen LogP contribution in [-0.2, 0) is 22.5 Å². The predicted molar refractivity (Wildman–Crippen MR) is 60.4 cm³/mol. The minimum absolute atomic E-state index is 0.0409. The lowest BCUT2D eigenvalue weighted by Gasteiger charge is -2.28. The number of hydrogen-bond acceptors (Lipinski definition) is 4. The molecule has 0 atom stereocenters. The minimum Gasteiger partial charge on any atom is -0.465 e. The summed E-state index contributed by atoms with van der Waals surface area (Å²) < 4.78 is 4.72. The van der Waals surface area contributed by atoms with E-state index in [0.29, 0.717) is 25.1 Å². The van der Waals surface area contributed by atoms with Gasteiger partial charge in [-0.2, -0.15) is 0 Å². The molecule has 0 bridgehead atoms. The number of amides is 1. The number of fused-ring (bicyclic) bond motifs is 1. The number of rotatable bonds is 1. The van der Waals surface area contributed by atoms with Gasteiger partial charge in [0.05, 0.1) is 12.7 Å². The summed E-state index contributed by atoms with van der Waals surface area (Å²) in [6.07, 6.45) is 3.90. The van der Waals surface area contributed by atoms with Crippen molar-refractivity contribution in [1.82, 2.24) is 9.88 Å². The van der Waals surface area contributed by atoms with E-state index in [1.165, 1.54) is 13.3 Å². The molecule has 0 fully saturated rings. The van der Waals surface area contributed by atoms with Crippen LogP contribution in [0.3, 0.4) is 0 Å². The number of esters is 1. The Morgan fingerprint density at radius 1 is 1.41 bits per heavy atom. The number of nitrogens with zero attached hydrogens (tertiary/aromatic N) is 2. The molecule has 0 saturated carbocycles. The van der Waals surface area contributed by atoms with Crippen molar-refractivity contribution in [3.63, 3.8) is 0 Å². The molecule has 0 spiro atoms. The van der Waals surface area contributed by atoms with Crippen molar-refractivity contribution < 1.29 is 14.3 Å². The first kappa shape index (κ1) is 11.6. The Bertz CT molecular complexity index is 471. The molecule has 5 nitrogen and oxygen atoms in total. The van der Waals surface area contributed by atoms with Crippen LogP contribution in [0.2, 0.25) is 0 Å². The molecule has 0 aliphatic carbocycles. The van der Waals surface area contributed by atoms with Crippen LogP contribution in [0.25, 0.3) is 0 Å².